The van der Waals surface area contributed by atoms with Gasteiger partial charge in [-0.3, -0.25) is 9.48 Å². The molecule has 0 aromatic carbocycles. The van der Waals surface area contributed by atoms with Gasteiger partial charge < -0.3 is 9.64 Å². The summed E-state index contributed by atoms with van der Waals surface area (Å²) in [5.74, 6) is 2.61. The van der Waals surface area contributed by atoms with Crippen LogP contribution in [0.3, 0.4) is 0 Å². The van der Waals surface area contributed by atoms with E-state index >= 15 is 0 Å². The Labute approximate surface area is 153 Å². The van der Waals surface area contributed by atoms with E-state index in [2.05, 4.69) is 5.10 Å². The second kappa shape index (κ2) is 7.99. The van der Waals surface area contributed by atoms with Gasteiger partial charge in [0.1, 0.15) is 5.82 Å². The van der Waals surface area contributed by atoms with Crippen molar-refractivity contribution in [2.75, 3.05) is 26.3 Å². The third kappa shape index (κ3) is 3.95. The molecule has 1 saturated heterocycles. The van der Waals surface area contributed by atoms with Crippen LogP contribution >= 0.6 is 0 Å². The summed E-state index contributed by atoms with van der Waals surface area (Å²) in [6.07, 6.45) is 7.85. The number of amides is 1. The molecule has 4 heterocycles. The lowest BCUT2D eigenvalue weighted by atomic mass is 10.00. The smallest absolute Gasteiger partial charge is 0.222 e. The van der Waals surface area contributed by atoms with Gasteiger partial charge in [-0.15, -0.1) is 0 Å². The van der Waals surface area contributed by atoms with Crippen LogP contribution in [0.25, 0.3) is 0 Å². The molecule has 140 valence electrons. The van der Waals surface area contributed by atoms with Crippen LogP contribution in [0.1, 0.15) is 43.3 Å². The minimum atomic E-state index is 0.215. The number of carbonyl (C=O) groups is 1. The summed E-state index contributed by atoms with van der Waals surface area (Å²) in [6.45, 7) is 4.56. The Morgan fingerprint density at radius 2 is 2.12 bits per heavy atom. The summed E-state index contributed by atoms with van der Waals surface area (Å²) >= 11 is 0. The predicted octanol–water partition coefficient (Wildman–Crippen LogP) is 1.23. The van der Waals surface area contributed by atoms with Crippen LogP contribution in [0, 0.1) is 0 Å². The summed E-state index contributed by atoms with van der Waals surface area (Å²) in [4.78, 5) is 19.2. The highest BCUT2D eigenvalue weighted by molar-refractivity contribution is 5.76. The van der Waals surface area contributed by atoms with Gasteiger partial charge in [0.25, 0.3) is 0 Å². The average Bonchev–Trinajstić information content (AvgIpc) is 3.29. The summed E-state index contributed by atoms with van der Waals surface area (Å²) in [5, 5.41) is 8.90. The topological polar surface area (TPSA) is 78.1 Å². The van der Waals surface area contributed by atoms with Gasteiger partial charge >= 0.3 is 0 Å². The van der Waals surface area contributed by atoms with E-state index in [4.69, 9.17) is 14.8 Å². The molecule has 0 atom stereocenters. The summed E-state index contributed by atoms with van der Waals surface area (Å²) in [5.41, 5.74) is 0. The number of carbonyl (C=O) groups excluding carboxylic acids is 1. The van der Waals surface area contributed by atoms with Crippen molar-refractivity contribution in [2.24, 2.45) is 0 Å². The number of fused-ring (bicyclic) bond motifs is 1. The Balaban J connectivity index is 1.29. The van der Waals surface area contributed by atoms with E-state index in [9.17, 15) is 4.79 Å². The molecular weight excluding hydrogens is 332 g/mol. The number of ether oxygens (including phenoxy) is 1. The molecule has 0 N–H and O–H groups in total. The summed E-state index contributed by atoms with van der Waals surface area (Å²) in [6, 6.07) is 1.90. The maximum atomic E-state index is 12.5. The minimum absolute atomic E-state index is 0.215. The second-order valence-electron chi connectivity index (χ2n) is 7.00. The molecule has 1 fully saturated rings. The Bertz CT molecular complexity index is 695. The highest BCUT2D eigenvalue weighted by atomic mass is 16.5. The fourth-order valence-corrected chi connectivity index (χ4v) is 3.68. The van der Waals surface area contributed by atoms with Gasteiger partial charge in [-0.1, -0.05) is 0 Å². The molecule has 0 radical (unpaired) electrons. The maximum Gasteiger partial charge on any atom is 0.222 e. The van der Waals surface area contributed by atoms with Gasteiger partial charge in [0.05, 0.1) is 6.54 Å². The molecule has 0 saturated carbocycles. The number of hydrogen-bond donors (Lipinski definition) is 0. The first-order valence-corrected chi connectivity index (χ1v) is 9.56. The van der Waals surface area contributed by atoms with Crippen molar-refractivity contribution in [3.8, 4) is 0 Å². The van der Waals surface area contributed by atoms with Crippen LogP contribution in [0.2, 0.25) is 0 Å². The molecule has 26 heavy (non-hydrogen) atoms. The van der Waals surface area contributed by atoms with Crippen LogP contribution in [0.5, 0.6) is 0 Å². The SMILES string of the molecule is O=C(CCCn1cccn1)N1CCc2nc(C3CCOCC3)nn2CC1. The van der Waals surface area contributed by atoms with Crippen molar-refractivity contribution in [2.45, 2.75) is 51.1 Å². The van der Waals surface area contributed by atoms with Crippen LogP contribution in [-0.2, 0) is 29.0 Å². The number of nitrogens with zero attached hydrogens (tertiary/aromatic N) is 6. The number of rotatable bonds is 5. The van der Waals surface area contributed by atoms with E-state index in [1.807, 2.05) is 26.5 Å². The van der Waals surface area contributed by atoms with E-state index in [1.54, 1.807) is 6.20 Å². The summed E-state index contributed by atoms with van der Waals surface area (Å²) < 4.78 is 9.30. The quantitative estimate of drug-likeness (QED) is 0.803. The molecule has 0 spiro atoms. The first-order valence-electron chi connectivity index (χ1n) is 9.56. The molecule has 8 nitrogen and oxygen atoms in total. The van der Waals surface area contributed by atoms with Gasteiger partial charge in [-0.2, -0.15) is 10.2 Å². The van der Waals surface area contributed by atoms with Gasteiger partial charge in [0.15, 0.2) is 5.82 Å². The van der Waals surface area contributed by atoms with Crippen LogP contribution in [0.4, 0.5) is 0 Å². The fourth-order valence-electron chi connectivity index (χ4n) is 3.68. The Kier molecular flexibility index (Phi) is 5.29. The van der Waals surface area contributed by atoms with Crippen molar-refractivity contribution in [1.82, 2.24) is 29.4 Å². The Morgan fingerprint density at radius 3 is 2.92 bits per heavy atom. The number of aryl methyl sites for hydroxylation is 1. The van der Waals surface area contributed by atoms with Crippen molar-refractivity contribution >= 4 is 5.91 Å². The average molecular weight is 358 g/mol. The Hall–Kier alpha value is -2.22. The zero-order valence-electron chi connectivity index (χ0n) is 15.1. The van der Waals surface area contributed by atoms with Gasteiger partial charge in [-0.05, 0) is 25.3 Å². The molecule has 2 aromatic rings. The van der Waals surface area contributed by atoms with Crippen LogP contribution < -0.4 is 0 Å². The molecular formula is C18H26N6O2. The molecule has 0 bridgehead atoms. The van der Waals surface area contributed by atoms with E-state index < -0.39 is 0 Å². The molecule has 4 rings (SSSR count). The van der Waals surface area contributed by atoms with E-state index in [1.165, 1.54) is 0 Å². The highest BCUT2D eigenvalue weighted by Crippen LogP contribution is 2.25. The van der Waals surface area contributed by atoms with Gasteiger partial charge in [0.2, 0.25) is 5.91 Å². The predicted molar refractivity (Wildman–Crippen MR) is 94.6 cm³/mol. The monoisotopic (exact) mass is 358 g/mol. The first-order chi connectivity index (χ1) is 12.8. The van der Waals surface area contributed by atoms with Gasteiger partial charge in [-0.25, -0.2) is 9.67 Å². The molecule has 1 amide bonds. The zero-order valence-corrected chi connectivity index (χ0v) is 15.1. The van der Waals surface area contributed by atoms with E-state index in [0.29, 0.717) is 18.9 Å². The molecule has 0 aliphatic carbocycles. The molecule has 2 aliphatic heterocycles. The highest BCUT2D eigenvalue weighted by Gasteiger charge is 2.24. The molecule has 2 aromatic heterocycles. The van der Waals surface area contributed by atoms with Crippen molar-refractivity contribution in [3.63, 3.8) is 0 Å². The lowest BCUT2D eigenvalue weighted by molar-refractivity contribution is -0.131. The standard InChI is InChI=1S/C18H26N6O2/c25-17(3-1-8-23-9-2-7-19-23)22-10-4-16-20-18(21-24(16)12-11-22)15-5-13-26-14-6-15/h2,7,9,15H,1,3-6,8,10-14H2. The van der Waals surface area contributed by atoms with Crippen LogP contribution in [0.15, 0.2) is 18.5 Å². The normalized spacial score (nSPS) is 18.5. The number of hydrogen-bond acceptors (Lipinski definition) is 5. The lowest BCUT2D eigenvalue weighted by Gasteiger charge is -2.20. The Morgan fingerprint density at radius 1 is 1.23 bits per heavy atom. The zero-order chi connectivity index (χ0) is 17.8. The fraction of sp³-hybridized carbons (Fsp3) is 0.667. The van der Waals surface area contributed by atoms with Crippen molar-refractivity contribution in [1.29, 1.82) is 0 Å². The lowest BCUT2D eigenvalue weighted by Crippen LogP contribution is -2.33. The summed E-state index contributed by atoms with van der Waals surface area (Å²) in [7, 11) is 0. The first kappa shape index (κ1) is 17.2. The largest absolute Gasteiger partial charge is 0.381 e. The molecule has 8 heteroatoms. The van der Waals surface area contributed by atoms with Crippen molar-refractivity contribution < 1.29 is 9.53 Å². The van der Waals surface area contributed by atoms with Gasteiger partial charge in [0, 0.05) is 64.0 Å². The third-order valence-electron chi connectivity index (χ3n) is 5.23. The molecule has 0 unspecified atom stereocenters. The van der Waals surface area contributed by atoms with Crippen molar-refractivity contribution in [3.05, 3.63) is 30.1 Å². The minimum Gasteiger partial charge on any atom is -0.381 e. The second-order valence-corrected chi connectivity index (χ2v) is 7.00. The van der Waals surface area contributed by atoms with Crippen LogP contribution in [-0.4, -0.2) is 61.7 Å². The maximum absolute atomic E-state index is 12.5. The van der Waals surface area contributed by atoms with E-state index in [0.717, 1.165) is 70.2 Å². The third-order valence-corrected chi connectivity index (χ3v) is 5.23. The number of aromatic nitrogens is 5. The van der Waals surface area contributed by atoms with E-state index in [-0.39, 0.29) is 5.91 Å². The molecule has 2 aliphatic rings.